The molecule has 0 heterocycles. The summed E-state index contributed by atoms with van der Waals surface area (Å²) >= 11 is 0. The Morgan fingerprint density at radius 1 is 0.397 bits per heavy atom. The molecule has 21 heteroatoms. The van der Waals surface area contributed by atoms with Crippen LogP contribution in [0.15, 0.2) is 197 Å². The smallest absolute Gasteiger partial charge is 0.272 e. The zero-order valence-electron chi connectivity index (χ0n) is 42.3. The van der Waals surface area contributed by atoms with E-state index in [1.54, 1.807) is 36.4 Å². The average molecular weight is 1060 g/mol. The summed E-state index contributed by atoms with van der Waals surface area (Å²) in [5.41, 5.74) is 45.2. The summed E-state index contributed by atoms with van der Waals surface area (Å²) in [6.45, 7) is 0. The standard InChI is InChI=1S/C19H23N5O4.C19H23N5O2.C19H17N3O2/c20-15(9-11-1-5-13(25)6-2-11)17(27)23-19(22)24-18(28)16(21)10-12-3-7-14(26)8-4-12;20-15(11-13-7-3-1-4-8-13)17(25)23-19(22)24-18(26)16(21)12-14-9-5-2-6-10-14;20-19(21-17(23)13-11-15-7-3-1-4-8-15)22-18(24)14-12-16-9-5-2-6-10-16/h1-8,15-16,25-26H,9-10,20-21H2,(H3,22,23,24,27,28);1-10,15-16H,11-12,20-21H2,(H3,22,23,24,25,26);1-14H,(H3,20,21,22,23,24)/b;;13-11+,14-12+. The van der Waals surface area contributed by atoms with E-state index in [-0.39, 0.29) is 36.3 Å². The summed E-state index contributed by atoms with van der Waals surface area (Å²) in [6, 6.07) is 46.3. The van der Waals surface area contributed by atoms with Crippen molar-refractivity contribution >= 4 is 65.5 Å². The fourth-order valence-electron chi connectivity index (χ4n) is 6.58. The molecule has 0 saturated heterocycles. The number of phenols is 2. The highest BCUT2D eigenvalue weighted by Crippen LogP contribution is 2.13. The molecule has 0 aliphatic carbocycles. The Balaban J connectivity index is 0.000000253. The molecule has 0 saturated carbocycles. The first-order valence-electron chi connectivity index (χ1n) is 24.0. The van der Waals surface area contributed by atoms with Crippen molar-refractivity contribution in [1.29, 1.82) is 0 Å². The van der Waals surface area contributed by atoms with Crippen LogP contribution >= 0.6 is 0 Å². The number of benzene rings is 6. The van der Waals surface area contributed by atoms with Crippen LogP contribution in [0, 0.1) is 0 Å². The van der Waals surface area contributed by atoms with E-state index in [2.05, 4.69) is 30.9 Å². The van der Waals surface area contributed by atoms with Gasteiger partial charge in [0.1, 0.15) is 11.5 Å². The molecule has 0 aliphatic rings. The first-order chi connectivity index (χ1) is 37.3. The molecule has 6 amide bonds. The van der Waals surface area contributed by atoms with Gasteiger partial charge >= 0.3 is 0 Å². The Bertz CT molecular complexity index is 3050. The zero-order chi connectivity index (χ0) is 56.8. The van der Waals surface area contributed by atoms with E-state index in [1.807, 2.05) is 121 Å². The number of carbonyl (C=O) groups excluding carboxylic acids is 6. The lowest BCUT2D eigenvalue weighted by Gasteiger charge is -2.12. The molecule has 21 nitrogen and oxygen atoms in total. The minimum atomic E-state index is -0.953. The molecular formula is C57H63N13O8. The number of phenolic OH excluding ortho intramolecular Hbond substituents is 2. The van der Waals surface area contributed by atoms with Crippen LogP contribution in [0.3, 0.4) is 0 Å². The van der Waals surface area contributed by atoms with E-state index >= 15 is 0 Å². The molecular weight excluding hydrogens is 995 g/mol. The third-order valence-electron chi connectivity index (χ3n) is 10.6. The van der Waals surface area contributed by atoms with Gasteiger partial charge in [-0.15, -0.1) is 0 Å². The number of guanidine groups is 3. The number of hydrogen-bond donors (Lipinski definition) is 12. The summed E-state index contributed by atoms with van der Waals surface area (Å²) in [7, 11) is 0. The molecule has 6 rings (SSSR count). The maximum Gasteiger partial charge on any atom is 0.272 e. The molecule has 4 atom stereocenters. The summed E-state index contributed by atoms with van der Waals surface area (Å²) in [5, 5.41) is 25.4. The Kier molecular flexibility index (Phi) is 25.2. The van der Waals surface area contributed by atoms with E-state index in [0.29, 0.717) is 12.8 Å². The lowest BCUT2D eigenvalue weighted by molar-refractivity contribution is -0.122. The average Bonchev–Trinajstić information content (AvgIpc) is 3.42. The van der Waals surface area contributed by atoms with Crippen molar-refractivity contribution < 1.29 is 39.0 Å². The maximum absolute atomic E-state index is 12.1. The molecule has 0 fully saturated rings. The minimum absolute atomic E-state index is 0.109. The monoisotopic (exact) mass is 1060 g/mol. The molecule has 0 spiro atoms. The number of carbonyl (C=O) groups is 6. The van der Waals surface area contributed by atoms with Crippen molar-refractivity contribution in [3.05, 3.63) is 215 Å². The number of nitrogens with one attached hydrogen (secondary N) is 3. The number of aromatic hydroxyl groups is 2. The van der Waals surface area contributed by atoms with E-state index in [9.17, 15) is 39.0 Å². The fourth-order valence-corrected chi connectivity index (χ4v) is 6.58. The van der Waals surface area contributed by atoms with Gasteiger partial charge in [0.2, 0.25) is 29.7 Å². The Labute approximate surface area is 450 Å². The fraction of sp³-hybridized carbons (Fsp3) is 0.140. The molecule has 0 aromatic heterocycles. The van der Waals surface area contributed by atoms with E-state index in [1.165, 1.54) is 36.4 Å². The van der Waals surface area contributed by atoms with Gasteiger partial charge in [-0.2, -0.15) is 15.0 Å². The molecule has 0 aliphatic heterocycles. The molecule has 0 bridgehead atoms. The highest BCUT2D eigenvalue weighted by Gasteiger charge is 2.20. The molecule has 404 valence electrons. The van der Waals surface area contributed by atoms with Crippen LogP contribution in [0.2, 0.25) is 0 Å². The SMILES string of the molecule is NC(=NC(=O)/C=C/c1ccccc1)NC(=O)/C=C/c1ccccc1.NC(=NC(=O)C(N)Cc1ccc(O)cc1)NC(=O)C(N)Cc1ccc(O)cc1.NC(=NC(=O)C(N)Cc1ccccc1)NC(=O)C(N)Cc1ccccc1. The van der Waals surface area contributed by atoms with Gasteiger partial charge in [0.05, 0.1) is 24.2 Å². The Morgan fingerprint density at radius 3 is 1.08 bits per heavy atom. The molecule has 4 unspecified atom stereocenters. The van der Waals surface area contributed by atoms with Crippen LogP contribution in [0.25, 0.3) is 12.2 Å². The van der Waals surface area contributed by atoms with Crippen LogP contribution < -0.4 is 56.1 Å². The number of amides is 6. The van der Waals surface area contributed by atoms with Gasteiger partial charge in [0.15, 0.2) is 0 Å². The first-order valence-corrected chi connectivity index (χ1v) is 24.0. The van der Waals surface area contributed by atoms with Gasteiger partial charge < -0.3 is 50.3 Å². The summed E-state index contributed by atoms with van der Waals surface area (Å²) in [6.07, 6.45) is 6.96. The van der Waals surface area contributed by atoms with Crippen LogP contribution in [-0.2, 0) is 54.5 Å². The number of aliphatic imine (C=N–C) groups is 3. The zero-order valence-corrected chi connectivity index (χ0v) is 42.3. The van der Waals surface area contributed by atoms with Crippen LogP contribution in [0.4, 0.5) is 0 Å². The van der Waals surface area contributed by atoms with Crippen molar-refractivity contribution in [2.75, 3.05) is 0 Å². The predicted molar refractivity (Wildman–Crippen MR) is 301 cm³/mol. The third-order valence-corrected chi connectivity index (χ3v) is 10.6. The number of rotatable bonds is 16. The van der Waals surface area contributed by atoms with Crippen molar-refractivity contribution in [2.45, 2.75) is 49.9 Å². The largest absolute Gasteiger partial charge is 0.508 e. The maximum atomic E-state index is 12.1. The summed E-state index contributed by atoms with van der Waals surface area (Å²) < 4.78 is 0. The van der Waals surface area contributed by atoms with E-state index in [0.717, 1.165) is 33.4 Å². The van der Waals surface area contributed by atoms with Gasteiger partial charge in [-0.25, -0.2) is 0 Å². The Morgan fingerprint density at radius 2 is 0.705 bits per heavy atom. The number of nitrogens with zero attached hydrogens (tertiary/aromatic N) is 3. The molecule has 6 aromatic carbocycles. The number of hydrogen-bond acceptors (Lipinski definition) is 12. The normalized spacial score (nSPS) is 13.1. The summed E-state index contributed by atoms with van der Waals surface area (Å²) in [5.74, 6) is -4.17. The van der Waals surface area contributed by atoms with Gasteiger partial charge in [0, 0.05) is 12.2 Å². The lowest BCUT2D eigenvalue weighted by Crippen LogP contribution is -2.48. The topological polar surface area (TPSA) is 398 Å². The van der Waals surface area contributed by atoms with E-state index in [4.69, 9.17) is 40.1 Å². The third kappa shape index (κ3) is 24.0. The van der Waals surface area contributed by atoms with Crippen LogP contribution in [0.1, 0.15) is 33.4 Å². The number of nitrogens with two attached hydrogens (primary N) is 7. The highest BCUT2D eigenvalue weighted by atomic mass is 16.3. The van der Waals surface area contributed by atoms with Gasteiger partial charge in [-0.3, -0.25) is 44.7 Å². The second-order valence-corrected chi connectivity index (χ2v) is 17.0. The van der Waals surface area contributed by atoms with Crippen molar-refractivity contribution in [3.8, 4) is 11.5 Å². The summed E-state index contributed by atoms with van der Waals surface area (Å²) in [4.78, 5) is 82.4. The van der Waals surface area contributed by atoms with Crippen molar-refractivity contribution in [3.63, 3.8) is 0 Å². The quantitative estimate of drug-likeness (QED) is 0.0374. The van der Waals surface area contributed by atoms with Crippen LogP contribution in [0.5, 0.6) is 11.5 Å². The second kappa shape index (κ2) is 32.4. The lowest BCUT2D eigenvalue weighted by atomic mass is 10.1. The molecule has 6 aromatic rings. The van der Waals surface area contributed by atoms with Gasteiger partial charge in [0.25, 0.3) is 23.6 Å². The van der Waals surface area contributed by atoms with Crippen LogP contribution in [-0.4, -0.2) is 87.7 Å². The predicted octanol–water partition coefficient (Wildman–Crippen LogP) is 1.95. The van der Waals surface area contributed by atoms with Crippen molar-refractivity contribution in [2.24, 2.45) is 55.1 Å². The molecule has 78 heavy (non-hydrogen) atoms. The van der Waals surface area contributed by atoms with Gasteiger partial charge in [-0.05, 0) is 95.5 Å². The highest BCUT2D eigenvalue weighted by molar-refractivity contribution is 6.08. The van der Waals surface area contributed by atoms with Gasteiger partial charge in [-0.1, -0.05) is 146 Å². The van der Waals surface area contributed by atoms with Crippen molar-refractivity contribution in [1.82, 2.24) is 16.0 Å². The molecule has 19 N–H and O–H groups in total. The minimum Gasteiger partial charge on any atom is -0.508 e. The second-order valence-electron chi connectivity index (χ2n) is 17.0. The first kappa shape index (κ1) is 60.6. The van der Waals surface area contributed by atoms with E-state index < -0.39 is 65.6 Å². The molecule has 0 radical (unpaired) electrons. The Hall–Kier alpha value is -9.93.